The molecule has 1 atom stereocenters. The summed E-state index contributed by atoms with van der Waals surface area (Å²) in [6.45, 7) is 2.57. The van der Waals surface area contributed by atoms with Gasteiger partial charge in [-0.1, -0.05) is 30.3 Å². The molecule has 136 valence electrons. The fourth-order valence-electron chi connectivity index (χ4n) is 3.30. The number of ether oxygens (including phenoxy) is 1. The molecule has 2 saturated heterocycles. The summed E-state index contributed by atoms with van der Waals surface area (Å²) < 4.78 is 5.36. The maximum Gasteiger partial charge on any atom is 0.416 e. The summed E-state index contributed by atoms with van der Waals surface area (Å²) in [6.07, 6.45) is 3.67. The van der Waals surface area contributed by atoms with Gasteiger partial charge in [-0.3, -0.25) is 4.79 Å². The van der Waals surface area contributed by atoms with Gasteiger partial charge in [0.1, 0.15) is 6.61 Å². The minimum atomic E-state index is -0.487. The molecule has 2 amide bonds. The number of amides is 2. The number of hydrogen-bond acceptors (Lipinski definition) is 5. The van der Waals surface area contributed by atoms with E-state index in [1.807, 2.05) is 53.9 Å². The van der Waals surface area contributed by atoms with Gasteiger partial charge >= 0.3 is 6.09 Å². The van der Waals surface area contributed by atoms with Crippen LogP contribution in [0.5, 0.6) is 0 Å². The topological polar surface area (TPSA) is 46.6 Å². The van der Waals surface area contributed by atoms with E-state index in [9.17, 15) is 9.59 Å². The minimum absolute atomic E-state index is 0.0992. The van der Waals surface area contributed by atoms with Crippen LogP contribution in [0.3, 0.4) is 0 Å². The molecule has 3 rings (SSSR count). The molecule has 0 aliphatic carbocycles. The van der Waals surface area contributed by atoms with Crippen LogP contribution in [0.1, 0.15) is 38.2 Å². The lowest BCUT2D eigenvalue weighted by Gasteiger charge is -2.32. The molecule has 25 heavy (non-hydrogen) atoms. The highest BCUT2D eigenvalue weighted by molar-refractivity contribution is 8.18. The van der Waals surface area contributed by atoms with Gasteiger partial charge in [0.25, 0.3) is 0 Å². The molecule has 1 aromatic carbocycles. The van der Waals surface area contributed by atoms with Gasteiger partial charge in [-0.2, -0.15) is 0 Å². The number of imide groups is 1. The van der Waals surface area contributed by atoms with Gasteiger partial charge in [0.15, 0.2) is 0 Å². The van der Waals surface area contributed by atoms with Gasteiger partial charge in [-0.15, -0.1) is 23.5 Å². The molecule has 0 aromatic heterocycles. The summed E-state index contributed by atoms with van der Waals surface area (Å²) in [5, 5.41) is 0. The SMILES string of the molecule is CC1(CCCC(=O)N2C(=O)OC[C@H]2Cc2ccccc2)SCCCS1. The van der Waals surface area contributed by atoms with Gasteiger partial charge < -0.3 is 4.74 Å². The largest absolute Gasteiger partial charge is 0.447 e. The lowest BCUT2D eigenvalue weighted by molar-refractivity contribution is -0.129. The van der Waals surface area contributed by atoms with Crippen LogP contribution in [0, 0.1) is 0 Å². The Morgan fingerprint density at radius 3 is 2.72 bits per heavy atom. The summed E-state index contributed by atoms with van der Waals surface area (Å²) in [5.74, 6) is 2.31. The van der Waals surface area contributed by atoms with Crippen molar-refractivity contribution >= 4 is 35.5 Å². The smallest absolute Gasteiger partial charge is 0.416 e. The lowest BCUT2D eigenvalue weighted by atomic mass is 10.1. The number of cyclic esters (lactones) is 1. The standard InChI is InChI=1S/C19H25NO3S2/c1-19(24-11-6-12-25-19)10-5-9-17(21)20-16(14-23-18(20)22)13-15-7-3-2-4-8-15/h2-4,7-8,16H,5-6,9-14H2,1H3/t16-/m1/s1. The van der Waals surface area contributed by atoms with Crippen molar-refractivity contribution in [3.63, 3.8) is 0 Å². The summed E-state index contributed by atoms with van der Waals surface area (Å²) >= 11 is 4.00. The summed E-state index contributed by atoms with van der Waals surface area (Å²) in [4.78, 5) is 26.0. The number of benzene rings is 1. The first-order valence-corrected chi connectivity index (χ1v) is 10.9. The first-order valence-electron chi connectivity index (χ1n) is 8.88. The van der Waals surface area contributed by atoms with Crippen molar-refractivity contribution in [2.24, 2.45) is 0 Å². The average molecular weight is 380 g/mol. The van der Waals surface area contributed by atoms with Crippen LogP contribution < -0.4 is 0 Å². The van der Waals surface area contributed by atoms with Gasteiger partial charge in [0.05, 0.1) is 10.1 Å². The number of nitrogens with zero attached hydrogens (tertiary/aromatic N) is 1. The Labute approximate surface area is 158 Å². The maximum atomic E-state index is 12.6. The molecule has 2 fully saturated rings. The number of carbonyl (C=O) groups excluding carboxylic acids is 2. The lowest BCUT2D eigenvalue weighted by Crippen LogP contribution is -2.40. The molecule has 0 bridgehead atoms. The molecular formula is C19H25NO3S2. The van der Waals surface area contributed by atoms with E-state index in [-0.39, 0.29) is 16.0 Å². The zero-order valence-corrected chi connectivity index (χ0v) is 16.2. The van der Waals surface area contributed by atoms with Crippen molar-refractivity contribution < 1.29 is 14.3 Å². The quantitative estimate of drug-likeness (QED) is 0.736. The number of hydrogen-bond donors (Lipinski definition) is 0. The van der Waals surface area contributed by atoms with Crippen molar-refractivity contribution in [1.29, 1.82) is 0 Å². The molecule has 0 spiro atoms. The normalized spacial score (nSPS) is 22.7. The molecule has 1 aromatic rings. The van der Waals surface area contributed by atoms with Crippen molar-refractivity contribution in [1.82, 2.24) is 4.90 Å². The molecule has 4 nitrogen and oxygen atoms in total. The molecule has 2 aliphatic heterocycles. The number of carbonyl (C=O) groups is 2. The van der Waals surface area contributed by atoms with E-state index in [4.69, 9.17) is 4.74 Å². The van der Waals surface area contributed by atoms with Crippen LogP contribution in [0.4, 0.5) is 4.79 Å². The second-order valence-electron chi connectivity index (χ2n) is 6.72. The first kappa shape index (κ1) is 18.6. The highest BCUT2D eigenvalue weighted by Crippen LogP contribution is 2.45. The van der Waals surface area contributed by atoms with E-state index in [0.29, 0.717) is 19.4 Å². The van der Waals surface area contributed by atoms with E-state index >= 15 is 0 Å². The fourth-order valence-corrected chi connectivity index (χ4v) is 6.34. The third-order valence-corrected chi connectivity index (χ3v) is 7.99. The Hall–Kier alpha value is -1.14. The third kappa shape index (κ3) is 4.94. The molecule has 0 saturated carbocycles. The van der Waals surface area contributed by atoms with E-state index in [2.05, 4.69) is 6.92 Å². The Kier molecular flexibility index (Phi) is 6.34. The highest BCUT2D eigenvalue weighted by Gasteiger charge is 2.37. The van der Waals surface area contributed by atoms with Gasteiger partial charge in [0, 0.05) is 6.42 Å². The van der Waals surface area contributed by atoms with Crippen LogP contribution >= 0.6 is 23.5 Å². The average Bonchev–Trinajstić information content (AvgIpc) is 2.96. The first-order chi connectivity index (χ1) is 12.1. The van der Waals surface area contributed by atoms with E-state index in [1.165, 1.54) is 22.8 Å². The van der Waals surface area contributed by atoms with Crippen molar-refractivity contribution in [3.8, 4) is 0 Å². The zero-order chi connectivity index (χ0) is 17.7. The molecule has 2 aliphatic rings. The van der Waals surface area contributed by atoms with Crippen LogP contribution in [0.25, 0.3) is 0 Å². The van der Waals surface area contributed by atoms with Gasteiger partial charge in [0.2, 0.25) is 5.91 Å². The Bertz CT molecular complexity index is 602. The van der Waals surface area contributed by atoms with E-state index < -0.39 is 6.09 Å². The van der Waals surface area contributed by atoms with Crippen LogP contribution in [0.2, 0.25) is 0 Å². The zero-order valence-electron chi connectivity index (χ0n) is 14.6. The molecule has 0 radical (unpaired) electrons. The van der Waals surface area contributed by atoms with Crippen molar-refractivity contribution in [2.45, 2.75) is 49.1 Å². The molecule has 0 unspecified atom stereocenters. The number of rotatable bonds is 6. The summed E-state index contributed by atoms with van der Waals surface area (Å²) in [5.41, 5.74) is 1.12. The van der Waals surface area contributed by atoms with E-state index in [0.717, 1.165) is 18.4 Å². The van der Waals surface area contributed by atoms with Crippen LogP contribution in [0.15, 0.2) is 30.3 Å². The third-order valence-electron chi connectivity index (χ3n) is 4.67. The van der Waals surface area contributed by atoms with Crippen molar-refractivity contribution in [2.75, 3.05) is 18.1 Å². The van der Waals surface area contributed by atoms with Gasteiger partial charge in [-0.25, -0.2) is 9.69 Å². The molecule has 0 N–H and O–H groups in total. The second-order valence-corrected chi connectivity index (χ2v) is 10.2. The fraction of sp³-hybridized carbons (Fsp3) is 0.579. The predicted molar refractivity (Wildman–Crippen MR) is 104 cm³/mol. The Morgan fingerprint density at radius 1 is 1.28 bits per heavy atom. The maximum absolute atomic E-state index is 12.6. The van der Waals surface area contributed by atoms with Crippen LogP contribution in [-0.4, -0.2) is 45.1 Å². The summed E-state index contributed by atoms with van der Waals surface area (Å²) in [7, 11) is 0. The predicted octanol–water partition coefficient (Wildman–Crippen LogP) is 4.33. The monoisotopic (exact) mass is 379 g/mol. The van der Waals surface area contributed by atoms with Crippen LogP contribution in [-0.2, 0) is 16.0 Å². The van der Waals surface area contributed by atoms with Crippen molar-refractivity contribution in [3.05, 3.63) is 35.9 Å². The molecule has 2 heterocycles. The highest BCUT2D eigenvalue weighted by atomic mass is 32.2. The Balaban J connectivity index is 1.53. The second kappa shape index (κ2) is 8.49. The Morgan fingerprint density at radius 2 is 2.00 bits per heavy atom. The van der Waals surface area contributed by atoms with E-state index in [1.54, 1.807) is 0 Å². The molecule has 6 heteroatoms. The molecular weight excluding hydrogens is 354 g/mol. The number of thioether (sulfide) groups is 2. The minimum Gasteiger partial charge on any atom is -0.447 e. The van der Waals surface area contributed by atoms with Gasteiger partial charge in [-0.05, 0) is 49.7 Å². The summed E-state index contributed by atoms with van der Waals surface area (Å²) in [6, 6.07) is 9.76.